The van der Waals surface area contributed by atoms with Crippen LogP contribution in [0, 0.1) is 5.92 Å². The van der Waals surface area contributed by atoms with Gasteiger partial charge in [0.15, 0.2) is 0 Å². The fraction of sp³-hybridized carbons (Fsp3) is 0.846. The van der Waals surface area contributed by atoms with E-state index in [-0.39, 0.29) is 12.1 Å². The number of carboxylic acid groups (broad SMARTS) is 1. The van der Waals surface area contributed by atoms with Crippen molar-refractivity contribution in [2.45, 2.75) is 31.8 Å². The molecule has 0 spiro atoms. The molecule has 0 bridgehead atoms. The van der Waals surface area contributed by atoms with E-state index in [9.17, 15) is 9.59 Å². The number of ether oxygens (including phenoxy) is 1. The topological polar surface area (TPSA) is 70.1 Å². The zero-order valence-corrected chi connectivity index (χ0v) is 11.4. The number of hydrogen-bond acceptors (Lipinski definition) is 3. The lowest BCUT2D eigenvalue weighted by Gasteiger charge is -2.38. The molecular formula is C13H22N2O4. The van der Waals surface area contributed by atoms with Crippen molar-refractivity contribution in [2.24, 2.45) is 5.92 Å². The number of aliphatic carboxylic acids is 1. The summed E-state index contributed by atoms with van der Waals surface area (Å²) in [5.74, 6) is -1.22. The largest absolute Gasteiger partial charge is 0.481 e. The van der Waals surface area contributed by atoms with E-state index in [1.54, 1.807) is 16.9 Å². The summed E-state index contributed by atoms with van der Waals surface area (Å²) in [6.07, 6.45) is 3.47. The first-order chi connectivity index (χ1) is 9.11. The van der Waals surface area contributed by atoms with E-state index in [1.807, 2.05) is 0 Å². The summed E-state index contributed by atoms with van der Waals surface area (Å²) in [4.78, 5) is 26.9. The van der Waals surface area contributed by atoms with E-state index in [2.05, 4.69) is 0 Å². The third kappa shape index (κ3) is 3.37. The Kier molecular flexibility index (Phi) is 4.63. The van der Waals surface area contributed by atoms with Crippen LogP contribution in [0.3, 0.4) is 0 Å². The fourth-order valence-corrected chi connectivity index (χ4v) is 2.86. The second kappa shape index (κ2) is 6.23. The average molecular weight is 270 g/mol. The Balaban J connectivity index is 1.93. The molecule has 2 aliphatic heterocycles. The number of carbonyl (C=O) groups is 2. The molecule has 0 aromatic rings. The van der Waals surface area contributed by atoms with Crippen LogP contribution < -0.4 is 0 Å². The molecule has 2 rings (SSSR count). The van der Waals surface area contributed by atoms with Gasteiger partial charge >= 0.3 is 12.0 Å². The van der Waals surface area contributed by atoms with E-state index in [4.69, 9.17) is 9.84 Å². The molecule has 2 atom stereocenters. The summed E-state index contributed by atoms with van der Waals surface area (Å²) in [6, 6.07) is -0.0345. The maximum Gasteiger partial charge on any atom is 0.320 e. The normalized spacial score (nSPS) is 28.3. The van der Waals surface area contributed by atoms with Crippen LogP contribution in [-0.2, 0) is 9.53 Å². The summed E-state index contributed by atoms with van der Waals surface area (Å²) in [7, 11) is 1.67. The molecule has 0 aromatic heterocycles. The number of likely N-dealkylation sites (tertiary alicyclic amines) is 2. The summed E-state index contributed by atoms with van der Waals surface area (Å²) in [5, 5.41) is 9.06. The van der Waals surface area contributed by atoms with Gasteiger partial charge in [-0.1, -0.05) is 0 Å². The first kappa shape index (κ1) is 14.1. The lowest BCUT2D eigenvalue weighted by Crippen LogP contribution is -2.52. The molecule has 0 radical (unpaired) electrons. The van der Waals surface area contributed by atoms with Crippen LogP contribution in [0.15, 0.2) is 0 Å². The molecule has 2 amide bonds. The standard InChI is InChI=1S/C13H22N2O4/c1-19-11-5-3-7-15(9-11)13(18)14-6-2-4-10(8-14)12(16)17/h10-11H,2-9H2,1H3,(H,16,17)/t10-,11?/m1/s1. The molecule has 2 fully saturated rings. The minimum absolute atomic E-state index is 0.0345. The van der Waals surface area contributed by atoms with Crippen molar-refractivity contribution in [1.29, 1.82) is 0 Å². The SMILES string of the molecule is COC1CCCN(C(=O)N2CCC[C@@H](C(=O)O)C2)C1. The van der Waals surface area contributed by atoms with Crippen LogP contribution in [-0.4, -0.2) is 66.3 Å². The summed E-state index contributed by atoms with van der Waals surface area (Å²) >= 11 is 0. The third-order valence-corrected chi connectivity index (χ3v) is 4.02. The summed E-state index contributed by atoms with van der Waals surface area (Å²) in [5.41, 5.74) is 0. The van der Waals surface area contributed by atoms with E-state index < -0.39 is 11.9 Å². The van der Waals surface area contributed by atoms with Gasteiger partial charge in [0.25, 0.3) is 0 Å². The minimum Gasteiger partial charge on any atom is -0.481 e. The second-order valence-corrected chi connectivity index (χ2v) is 5.35. The number of hydrogen-bond donors (Lipinski definition) is 1. The fourth-order valence-electron chi connectivity index (χ4n) is 2.86. The Morgan fingerprint density at radius 1 is 1.11 bits per heavy atom. The van der Waals surface area contributed by atoms with Crippen molar-refractivity contribution < 1.29 is 19.4 Å². The second-order valence-electron chi connectivity index (χ2n) is 5.35. The van der Waals surface area contributed by atoms with Gasteiger partial charge in [0.2, 0.25) is 0 Å². The molecule has 108 valence electrons. The van der Waals surface area contributed by atoms with Crippen molar-refractivity contribution in [3.63, 3.8) is 0 Å². The number of piperidine rings is 2. The lowest BCUT2D eigenvalue weighted by atomic mass is 9.98. The van der Waals surface area contributed by atoms with Crippen molar-refractivity contribution in [3.05, 3.63) is 0 Å². The van der Waals surface area contributed by atoms with E-state index >= 15 is 0 Å². The number of rotatable bonds is 2. The maximum atomic E-state index is 12.4. The summed E-state index contributed by atoms with van der Waals surface area (Å²) < 4.78 is 5.31. The lowest BCUT2D eigenvalue weighted by molar-refractivity contribution is -0.143. The van der Waals surface area contributed by atoms with Gasteiger partial charge in [0, 0.05) is 33.3 Å². The van der Waals surface area contributed by atoms with E-state index in [0.29, 0.717) is 26.1 Å². The zero-order valence-electron chi connectivity index (χ0n) is 11.4. The van der Waals surface area contributed by atoms with Gasteiger partial charge in [-0.25, -0.2) is 4.79 Å². The number of carbonyl (C=O) groups excluding carboxylic acids is 1. The third-order valence-electron chi connectivity index (χ3n) is 4.02. The molecule has 1 N–H and O–H groups in total. The molecule has 6 heteroatoms. The van der Waals surface area contributed by atoms with Gasteiger partial charge in [0.1, 0.15) is 0 Å². The number of carboxylic acids is 1. The van der Waals surface area contributed by atoms with Gasteiger partial charge in [-0.2, -0.15) is 0 Å². The Morgan fingerprint density at radius 2 is 1.74 bits per heavy atom. The highest BCUT2D eigenvalue weighted by Gasteiger charge is 2.32. The number of nitrogens with zero attached hydrogens (tertiary/aromatic N) is 2. The molecule has 6 nitrogen and oxygen atoms in total. The molecule has 2 heterocycles. The molecule has 2 saturated heterocycles. The first-order valence-electron chi connectivity index (χ1n) is 6.91. The van der Waals surface area contributed by atoms with Crippen molar-refractivity contribution in [3.8, 4) is 0 Å². The van der Waals surface area contributed by atoms with Gasteiger partial charge in [-0.3, -0.25) is 4.79 Å². The van der Waals surface area contributed by atoms with Gasteiger partial charge in [-0.05, 0) is 25.7 Å². The molecule has 2 aliphatic rings. The minimum atomic E-state index is -0.800. The Labute approximate surface area is 113 Å². The molecule has 19 heavy (non-hydrogen) atoms. The highest BCUT2D eigenvalue weighted by molar-refractivity contribution is 5.76. The molecule has 0 aliphatic carbocycles. The van der Waals surface area contributed by atoms with Gasteiger partial charge in [0.05, 0.1) is 12.0 Å². The quantitative estimate of drug-likeness (QED) is 0.813. The number of methoxy groups -OCH3 is 1. The van der Waals surface area contributed by atoms with Crippen LogP contribution in [0.4, 0.5) is 4.79 Å². The van der Waals surface area contributed by atoms with Crippen molar-refractivity contribution in [1.82, 2.24) is 9.80 Å². The monoisotopic (exact) mass is 270 g/mol. The van der Waals surface area contributed by atoms with Crippen LogP contribution in [0.2, 0.25) is 0 Å². The van der Waals surface area contributed by atoms with Crippen LogP contribution in [0.5, 0.6) is 0 Å². The van der Waals surface area contributed by atoms with E-state index in [1.165, 1.54) is 0 Å². The van der Waals surface area contributed by atoms with Gasteiger partial charge in [-0.15, -0.1) is 0 Å². The van der Waals surface area contributed by atoms with Crippen LogP contribution in [0.25, 0.3) is 0 Å². The smallest absolute Gasteiger partial charge is 0.320 e. The molecule has 1 unspecified atom stereocenters. The van der Waals surface area contributed by atoms with Crippen LogP contribution >= 0.6 is 0 Å². The molecular weight excluding hydrogens is 248 g/mol. The number of urea groups is 1. The highest BCUT2D eigenvalue weighted by Crippen LogP contribution is 2.20. The zero-order chi connectivity index (χ0) is 13.8. The van der Waals surface area contributed by atoms with Crippen molar-refractivity contribution in [2.75, 3.05) is 33.3 Å². The maximum absolute atomic E-state index is 12.4. The molecule has 0 saturated carbocycles. The van der Waals surface area contributed by atoms with Gasteiger partial charge < -0.3 is 19.6 Å². The first-order valence-corrected chi connectivity index (χ1v) is 6.91. The predicted octanol–water partition coefficient (Wildman–Crippen LogP) is 1.01. The Morgan fingerprint density at radius 3 is 2.37 bits per heavy atom. The summed E-state index contributed by atoms with van der Waals surface area (Å²) in [6.45, 7) is 2.36. The van der Waals surface area contributed by atoms with Crippen molar-refractivity contribution >= 4 is 12.0 Å². The Hall–Kier alpha value is -1.30. The van der Waals surface area contributed by atoms with E-state index in [0.717, 1.165) is 25.8 Å². The predicted molar refractivity (Wildman–Crippen MR) is 68.9 cm³/mol. The number of amides is 2. The van der Waals surface area contributed by atoms with Crippen LogP contribution in [0.1, 0.15) is 25.7 Å². The average Bonchev–Trinajstić information content (AvgIpc) is 2.46. The molecule has 0 aromatic carbocycles. The Bertz CT molecular complexity index is 348. The highest BCUT2D eigenvalue weighted by atomic mass is 16.5.